The maximum atomic E-state index is 12.2. The first-order valence-electron chi connectivity index (χ1n) is 7.31. The largest absolute Gasteiger partial charge is 0.497 e. The fourth-order valence-corrected chi connectivity index (χ4v) is 3.33. The van der Waals surface area contributed by atoms with Crippen molar-refractivity contribution in [1.82, 2.24) is 10.6 Å². The van der Waals surface area contributed by atoms with Crippen LogP contribution in [-0.2, 0) is 9.53 Å². The van der Waals surface area contributed by atoms with Gasteiger partial charge in [0.1, 0.15) is 23.1 Å². The van der Waals surface area contributed by atoms with Crippen LogP contribution in [0.25, 0.3) is 0 Å². The minimum Gasteiger partial charge on any atom is -0.497 e. The summed E-state index contributed by atoms with van der Waals surface area (Å²) in [6.07, 6.45) is 2.75. The highest BCUT2D eigenvalue weighted by atomic mass is 32.2. The number of thioether (sulfide) groups is 1. The predicted molar refractivity (Wildman–Crippen MR) is 86.2 cm³/mol. The highest BCUT2D eigenvalue weighted by molar-refractivity contribution is 8.04. The van der Waals surface area contributed by atoms with Crippen molar-refractivity contribution in [2.45, 2.75) is 30.4 Å². The highest BCUT2D eigenvalue weighted by Gasteiger charge is 2.32. The molecule has 120 valence electrons. The summed E-state index contributed by atoms with van der Waals surface area (Å²) >= 11 is 1.27. The Morgan fingerprint density at radius 3 is 2.83 bits per heavy atom. The Bertz CT molecular complexity index is 648. The summed E-state index contributed by atoms with van der Waals surface area (Å²) in [7, 11) is 1.61. The Labute approximate surface area is 138 Å². The quantitative estimate of drug-likeness (QED) is 0.803. The van der Waals surface area contributed by atoms with Gasteiger partial charge in [0.2, 0.25) is 0 Å². The van der Waals surface area contributed by atoms with Gasteiger partial charge in [-0.2, -0.15) is 5.26 Å². The maximum absolute atomic E-state index is 12.2. The highest BCUT2D eigenvalue weighted by Crippen LogP contribution is 2.31. The minimum atomic E-state index is -0.370. The van der Waals surface area contributed by atoms with Crippen molar-refractivity contribution in [3.63, 3.8) is 0 Å². The zero-order chi connectivity index (χ0) is 16.2. The Kier molecular flexibility index (Phi) is 4.63. The van der Waals surface area contributed by atoms with Crippen LogP contribution in [-0.4, -0.2) is 24.3 Å². The molecule has 6 nitrogen and oxygen atoms in total. The SMILES string of the molecule is COc1ccc(C2NC(C(=O)NC3CC(SC#N)C3)=CO2)cc1. The molecule has 2 aliphatic rings. The number of rotatable bonds is 5. The second kappa shape index (κ2) is 6.84. The van der Waals surface area contributed by atoms with Crippen molar-refractivity contribution >= 4 is 17.7 Å². The lowest BCUT2D eigenvalue weighted by Gasteiger charge is -2.33. The molecule has 1 saturated carbocycles. The van der Waals surface area contributed by atoms with E-state index in [0.717, 1.165) is 24.2 Å². The van der Waals surface area contributed by atoms with Crippen molar-refractivity contribution in [2.24, 2.45) is 0 Å². The number of amides is 1. The molecule has 0 saturated heterocycles. The molecule has 1 aliphatic heterocycles. The Morgan fingerprint density at radius 1 is 1.43 bits per heavy atom. The van der Waals surface area contributed by atoms with E-state index in [1.54, 1.807) is 7.11 Å². The van der Waals surface area contributed by atoms with E-state index < -0.39 is 0 Å². The molecular weight excluding hydrogens is 314 g/mol. The molecule has 1 fully saturated rings. The van der Waals surface area contributed by atoms with Gasteiger partial charge >= 0.3 is 0 Å². The molecule has 0 radical (unpaired) electrons. The van der Waals surface area contributed by atoms with Crippen LogP contribution >= 0.6 is 11.8 Å². The van der Waals surface area contributed by atoms with E-state index in [4.69, 9.17) is 14.7 Å². The number of nitrogens with zero attached hydrogens (tertiary/aromatic N) is 1. The Hall–Kier alpha value is -2.33. The van der Waals surface area contributed by atoms with Crippen molar-refractivity contribution < 1.29 is 14.3 Å². The first-order chi connectivity index (χ1) is 11.2. The number of hydrogen-bond donors (Lipinski definition) is 2. The number of carbonyl (C=O) groups excluding carboxylic acids is 1. The van der Waals surface area contributed by atoms with Crippen LogP contribution in [0.4, 0.5) is 0 Å². The molecule has 1 aliphatic carbocycles. The van der Waals surface area contributed by atoms with Gasteiger partial charge in [0, 0.05) is 16.9 Å². The van der Waals surface area contributed by atoms with Gasteiger partial charge in [0.25, 0.3) is 5.91 Å². The van der Waals surface area contributed by atoms with Gasteiger partial charge in [-0.15, -0.1) is 0 Å². The normalized spacial score (nSPS) is 25.2. The molecule has 1 aromatic carbocycles. The molecule has 0 aromatic heterocycles. The first-order valence-corrected chi connectivity index (χ1v) is 8.19. The zero-order valence-electron chi connectivity index (χ0n) is 12.6. The summed E-state index contributed by atoms with van der Waals surface area (Å²) in [4.78, 5) is 12.2. The van der Waals surface area contributed by atoms with Crippen LogP contribution in [0.2, 0.25) is 0 Å². The third kappa shape index (κ3) is 3.54. The Morgan fingerprint density at radius 2 is 2.17 bits per heavy atom. The van der Waals surface area contributed by atoms with Crippen LogP contribution < -0.4 is 15.4 Å². The standard InChI is InChI=1S/C16H17N3O3S/c1-21-12-4-2-10(3-5-12)16-19-14(8-22-16)15(20)18-11-6-13(7-11)23-9-17/h2-5,8,11,13,16,19H,6-7H2,1H3,(H,18,20). The smallest absolute Gasteiger partial charge is 0.270 e. The van der Waals surface area contributed by atoms with Gasteiger partial charge in [0.05, 0.1) is 7.11 Å². The van der Waals surface area contributed by atoms with E-state index in [1.807, 2.05) is 24.3 Å². The van der Waals surface area contributed by atoms with Gasteiger partial charge in [0.15, 0.2) is 6.23 Å². The molecular formula is C16H17N3O3S. The zero-order valence-corrected chi connectivity index (χ0v) is 13.4. The van der Waals surface area contributed by atoms with Gasteiger partial charge in [-0.05, 0) is 48.9 Å². The number of methoxy groups -OCH3 is 1. The van der Waals surface area contributed by atoms with E-state index in [9.17, 15) is 4.79 Å². The van der Waals surface area contributed by atoms with E-state index in [1.165, 1.54) is 18.0 Å². The average Bonchev–Trinajstić information content (AvgIpc) is 3.03. The molecule has 1 unspecified atom stereocenters. The number of nitriles is 1. The van der Waals surface area contributed by atoms with Crippen molar-refractivity contribution in [2.75, 3.05) is 7.11 Å². The third-order valence-electron chi connectivity index (χ3n) is 3.92. The van der Waals surface area contributed by atoms with Gasteiger partial charge in [-0.1, -0.05) is 0 Å². The van der Waals surface area contributed by atoms with Crippen LogP contribution in [0, 0.1) is 10.7 Å². The molecule has 1 heterocycles. The lowest BCUT2D eigenvalue weighted by Crippen LogP contribution is -2.47. The number of thiocyanates is 1. The summed E-state index contributed by atoms with van der Waals surface area (Å²) in [5.41, 5.74) is 1.33. The van der Waals surface area contributed by atoms with E-state index >= 15 is 0 Å². The van der Waals surface area contributed by atoms with E-state index in [0.29, 0.717) is 10.9 Å². The molecule has 0 bridgehead atoms. The molecule has 1 atom stereocenters. The molecule has 0 spiro atoms. The topological polar surface area (TPSA) is 83.4 Å². The molecule has 1 aromatic rings. The monoisotopic (exact) mass is 331 g/mol. The number of carbonyl (C=O) groups is 1. The molecule has 3 rings (SSSR count). The second-order valence-electron chi connectivity index (χ2n) is 5.44. The lowest BCUT2D eigenvalue weighted by atomic mass is 9.92. The van der Waals surface area contributed by atoms with Crippen LogP contribution in [0.3, 0.4) is 0 Å². The van der Waals surface area contributed by atoms with E-state index in [2.05, 4.69) is 16.0 Å². The van der Waals surface area contributed by atoms with Crippen molar-refractivity contribution in [1.29, 1.82) is 5.26 Å². The van der Waals surface area contributed by atoms with Crippen LogP contribution in [0.15, 0.2) is 36.2 Å². The number of hydrogen-bond acceptors (Lipinski definition) is 6. The summed E-state index contributed by atoms with van der Waals surface area (Å²) in [5, 5.41) is 17.0. The number of nitrogens with one attached hydrogen (secondary N) is 2. The maximum Gasteiger partial charge on any atom is 0.270 e. The molecule has 7 heteroatoms. The summed E-state index contributed by atoms with van der Waals surface area (Å²) in [5.74, 6) is 0.596. The number of benzene rings is 1. The molecule has 2 N–H and O–H groups in total. The van der Waals surface area contributed by atoms with E-state index in [-0.39, 0.29) is 18.2 Å². The third-order valence-corrected chi connectivity index (χ3v) is 4.74. The Balaban J connectivity index is 1.49. The number of ether oxygens (including phenoxy) is 2. The molecule has 1 amide bonds. The predicted octanol–water partition coefficient (Wildman–Crippen LogP) is 2.02. The average molecular weight is 331 g/mol. The van der Waals surface area contributed by atoms with Gasteiger partial charge in [-0.25, -0.2) is 0 Å². The fraction of sp³-hybridized carbons (Fsp3) is 0.375. The van der Waals surface area contributed by atoms with Crippen LogP contribution in [0.5, 0.6) is 5.75 Å². The summed E-state index contributed by atoms with van der Waals surface area (Å²) in [6, 6.07) is 7.61. The first kappa shape index (κ1) is 15.6. The summed E-state index contributed by atoms with van der Waals surface area (Å²) in [6.45, 7) is 0. The fourth-order valence-electron chi connectivity index (χ4n) is 2.52. The lowest BCUT2D eigenvalue weighted by molar-refractivity contribution is -0.119. The van der Waals surface area contributed by atoms with Crippen molar-refractivity contribution in [3.8, 4) is 11.2 Å². The minimum absolute atomic E-state index is 0.135. The molecule has 23 heavy (non-hydrogen) atoms. The summed E-state index contributed by atoms with van der Waals surface area (Å²) < 4.78 is 10.6. The van der Waals surface area contributed by atoms with Gasteiger partial charge < -0.3 is 20.1 Å². The second-order valence-corrected chi connectivity index (χ2v) is 6.52. The van der Waals surface area contributed by atoms with Crippen molar-refractivity contribution in [3.05, 3.63) is 41.8 Å². The van der Waals surface area contributed by atoms with Gasteiger partial charge in [-0.3, -0.25) is 4.79 Å². The van der Waals surface area contributed by atoms with Crippen LogP contribution in [0.1, 0.15) is 24.6 Å².